The number of benzene rings is 1. The van der Waals surface area contributed by atoms with E-state index in [-0.39, 0.29) is 15.7 Å². The van der Waals surface area contributed by atoms with E-state index >= 15 is 0 Å². The van der Waals surface area contributed by atoms with Crippen LogP contribution in [0.4, 0.5) is 14.9 Å². The normalized spacial score (nSPS) is 11.2. The quantitative estimate of drug-likeness (QED) is 0.807. The number of hydrogen-bond donors (Lipinski definition) is 2. The summed E-state index contributed by atoms with van der Waals surface area (Å²) in [6.07, 6.45) is 1.18. The van der Waals surface area contributed by atoms with E-state index in [9.17, 15) is 18.8 Å². The molecule has 0 spiro atoms. The van der Waals surface area contributed by atoms with Gasteiger partial charge in [-0.05, 0) is 32.9 Å². The summed E-state index contributed by atoms with van der Waals surface area (Å²) < 4.78 is 14.9. The Labute approximate surface area is 158 Å². The van der Waals surface area contributed by atoms with Crippen molar-refractivity contribution in [3.8, 4) is 0 Å². The molecule has 26 heavy (non-hydrogen) atoms. The van der Waals surface area contributed by atoms with Gasteiger partial charge in [0.05, 0.1) is 28.0 Å². The number of nitrogens with one attached hydrogen (secondary N) is 2. The van der Waals surface area contributed by atoms with Crippen LogP contribution in [-0.2, 0) is 5.54 Å². The predicted molar refractivity (Wildman–Crippen MR) is 96.4 cm³/mol. The van der Waals surface area contributed by atoms with Crippen molar-refractivity contribution in [1.82, 2.24) is 15.1 Å². The minimum atomic E-state index is -1.04. The number of hydrogen-bond acceptors (Lipinski definition) is 4. The van der Waals surface area contributed by atoms with E-state index in [4.69, 9.17) is 23.2 Å². The Bertz CT molecular complexity index is 918. The Morgan fingerprint density at radius 2 is 1.88 bits per heavy atom. The summed E-state index contributed by atoms with van der Waals surface area (Å²) in [6.45, 7) is 5.27. The molecule has 1 heterocycles. The van der Waals surface area contributed by atoms with Crippen molar-refractivity contribution in [3.63, 3.8) is 0 Å². The highest BCUT2D eigenvalue weighted by molar-refractivity contribution is 6.34. The van der Waals surface area contributed by atoms with Crippen LogP contribution in [0.3, 0.4) is 0 Å². The SMILES string of the molecule is CC(C)(C)n1ncc(NC(=O)NC(=O)c2c(F)cccc2Cl)c(Cl)c1=O. The third-order valence-corrected chi connectivity index (χ3v) is 3.90. The molecule has 0 radical (unpaired) electrons. The van der Waals surface area contributed by atoms with Crippen LogP contribution in [0.25, 0.3) is 0 Å². The van der Waals surface area contributed by atoms with Crippen LogP contribution >= 0.6 is 23.2 Å². The molecule has 1 aromatic heterocycles. The second-order valence-electron chi connectivity index (χ2n) is 6.26. The summed E-state index contributed by atoms with van der Waals surface area (Å²) in [5, 5.41) is 7.65. The zero-order chi connectivity index (χ0) is 19.6. The average molecular weight is 401 g/mol. The minimum Gasteiger partial charge on any atom is -0.305 e. The van der Waals surface area contributed by atoms with Crippen molar-refractivity contribution >= 4 is 40.8 Å². The number of imide groups is 1. The molecule has 0 saturated heterocycles. The second-order valence-corrected chi connectivity index (χ2v) is 7.05. The van der Waals surface area contributed by atoms with Crippen LogP contribution in [0.2, 0.25) is 10.0 Å². The molecule has 3 amide bonds. The van der Waals surface area contributed by atoms with Gasteiger partial charge in [-0.15, -0.1) is 0 Å². The van der Waals surface area contributed by atoms with Crippen LogP contribution in [0.1, 0.15) is 31.1 Å². The van der Waals surface area contributed by atoms with Gasteiger partial charge in [-0.2, -0.15) is 5.10 Å². The van der Waals surface area contributed by atoms with Gasteiger partial charge in [-0.3, -0.25) is 14.9 Å². The molecule has 2 aromatic rings. The van der Waals surface area contributed by atoms with Gasteiger partial charge in [0.1, 0.15) is 10.8 Å². The largest absolute Gasteiger partial charge is 0.326 e. The smallest absolute Gasteiger partial charge is 0.305 e. The summed E-state index contributed by atoms with van der Waals surface area (Å²) >= 11 is 11.7. The number of carbonyl (C=O) groups excluding carboxylic acids is 2. The molecule has 0 saturated carbocycles. The highest BCUT2D eigenvalue weighted by Crippen LogP contribution is 2.20. The van der Waals surface area contributed by atoms with E-state index in [0.717, 1.165) is 10.7 Å². The standard InChI is InChI=1S/C16H15Cl2FN4O3/c1-16(2,3)23-14(25)12(18)10(7-20-23)21-15(26)22-13(24)11-8(17)5-4-6-9(11)19/h4-7H,1-3H3,(H2,21,22,24,26). The number of urea groups is 1. The number of halogens is 3. The number of anilines is 1. The summed E-state index contributed by atoms with van der Waals surface area (Å²) in [5.41, 5.74) is -1.79. The van der Waals surface area contributed by atoms with Crippen LogP contribution in [0.15, 0.2) is 29.2 Å². The van der Waals surface area contributed by atoms with Crippen molar-refractivity contribution in [1.29, 1.82) is 0 Å². The third-order valence-electron chi connectivity index (χ3n) is 3.22. The molecule has 10 heteroatoms. The zero-order valence-corrected chi connectivity index (χ0v) is 15.6. The molecule has 0 atom stereocenters. The van der Waals surface area contributed by atoms with E-state index in [1.165, 1.54) is 18.3 Å². The molecule has 2 rings (SSSR count). The summed E-state index contributed by atoms with van der Waals surface area (Å²) in [4.78, 5) is 36.2. The monoisotopic (exact) mass is 400 g/mol. The van der Waals surface area contributed by atoms with E-state index in [1.807, 2.05) is 5.32 Å². The lowest BCUT2D eigenvalue weighted by molar-refractivity contribution is 0.0963. The van der Waals surface area contributed by atoms with E-state index < -0.39 is 34.4 Å². The Balaban J connectivity index is 2.20. The molecule has 0 aliphatic heterocycles. The fourth-order valence-corrected chi connectivity index (χ4v) is 2.46. The van der Waals surface area contributed by atoms with Crippen molar-refractivity contribution < 1.29 is 14.0 Å². The average Bonchev–Trinajstić information content (AvgIpc) is 2.50. The summed E-state index contributed by atoms with van der Waals surface area (Å²) in [6, 6.07) is 2.64. The van der Waals surface area contributed by atoms with Gasteiger partial charge >= 0.3 is 6.03 Å². The first kappa shape index (κ1) is 19.9. The Kier molecular flexibility index (Phi) is 5.68. The molecule has 0 aliphatic carbocycles. The Morgan fingerprint density at radius 3 is 2.46 bits per heavy atom. The van der Waals surface area contributed by atoms with Crippen molar-refractivity contribution in [2.24, 2.45) is 0 Å². The van der Waals surface area contributed by atoms with Crippen molar-refractivity contribution in [2.45, 2.75) is 26.3 Å². The van der Waals surface area contributed by atoms with Crippen LogP contribution in [-0.4, -0.2) is 21.7 Å². The van der Waals surface area contributed by atoms with Gasteiger partial charge < -0.3 is 5.32 Å². The van der Waals surface area contributed by atoms with E-state index in [0.29, 0.717) is 0 Å². The number of rotatable bonds is 2. The lowest BCUT2D eigenvalue weighted by Gasteiger charge is -2.21. The lowest BCUT2D eigenvalue weighted by atomic mass is 10.1. The zero-order valence-electron chi connectivity index (χ0n) is 14.1. The number of carbonyl (C=O) groups is 2. The van der Waals surface area contributed by atoms with Gasteiger partial charge in [-0.1, -0.05) is 29.3 Å². The highest BCUT2D eigenvalue weighted by atomic mass is 35.5. The summed E-state index contributed by atoms with van der Waals surface area (Å²) in [5.74, 6) is -1.92. The predicted octanol–water partition coefficient (Wildman–Crippen LogP) is 3.41. The molecular weight excluding hydrogens is 386 g/mol. The first-order valence-electron chi connectivity index (χ1n) is 7.37. The molecular formula is C16H15Cl2FN4O3. The maximum Gasteiger partial charge on any atom is 0.326 e. The van der Waals surface area contributed by atoms with E-state index in [2.05, 4.69) is 10.4 Å². The fourth-order valence-electron chi connectivity index (χ4n) is 2.03. The molecule has 1 aromatic carbocycles. The Hall–Kier alpha value is -2.45. The van der Waals surface area contributed by atoms with Gasteiger partial charge in [0, 0.05) is 0 Å². The second kappa shape index (κ2) is 7.43. The molecule has 0 fully saturated rings. The maximum atomic E-state index is 13.7. The van der Waals surface area contributed by atoms with Crippen LogP contribution in [0, 0.1) is 5.82 Å². The topological polar surface area (TPSA) is 93.1 Å². The first-order valence-corrected chi connectivity index (χ1v) is 8.12. The van der Waals surface area contributed by atoms with Crippen LogP contribution in [0.5, 0.6) is 0 Å². The first-order chi connectivity index (χ1) is 12.0. The summed E-state index contributed by atoms with van der Waals surface area (Å²) in [7, 11) is 0. The van der Waals surface area contributed by atoms with Gasteiger partial charge in [-0.25, -0.2) is 13.9 Å². The van der Waals surface area contributed by atoms with Gasteiger partial charge in [0.25, 0.3) is 11.5 Å². The minimum absolute atomic E-state index is 0.0953. The van der Waals surface area contributed by atoms with Gasteiger partial charge in [0.2, 0.25) is 0 Å². The van der Waals surface area contributed by atoms with Crippen molar-refractivity contribution in [2.75, 3.05) is 5.32 Å². The third kappa shape index (κ3) is 4.20. The number of amides is 3. The van der Waals surface area contributed by atoms with E-state index in [1.54, 1.807) is 20.8 Å². The molecule has 7 nitrogen and oxygen atoms in total. The van der Waals surface area contributed by atoms with Gasteiger partial charge in [0.15, 0.2) is 0 Å². The molecule has 138 valence electrons. The highest BCUT2D eigenvalue weighted by Gasteiger charge is 2.22. The molecule has 2 N–H and O–H groups in total. The Morgan fingerprint density at radius 1 is 1.23 bits per heavy atom. The van der Waals surface area contributed by atoms with Crippen molar-refractivity contribution in [3.05, 3.63) is 56.2 Å². The number of nitrogens with zero attached hydrogens (tertiary/aromatic N) is 2. The van der Waals surface area contributed by atoms with Crippen LogP contribution < -0.4 is 16.2 Å². The molecule has 0 unspecified atom stereocenters. The molecule has 0 bridgehead atoms. The lowest BCUT2D eigenvalue weighted by Crippen LogP contribution is -2.38. The molecule has 0 aliphatic rings. The number of aromatic nitrogens is 2. The maximum absolute atomic E-state index is 13.7. The fraction of sp³-hybridized carbons (Fsp3) is 0.250.